The largest absolute Gasteiger partial charge is 0.343 e. The molecule has 3 aromatic rings. The number of hydrogen-bond donors (Lipinski definition) is 4. The molecule has 0 radical (unpaired) electrons. The van der Waals surface area contributed by atoms with Crippen LogP contribution in [0.15, 0.2) is 60.8 Å². The Morgan fingerprint density at radius 2 is 1.65 bits per heavy atom. The third-order valence-corrected chi connectivity index (χ3v) is 4.95. The fraction of sp³-hybridized carbons (Fsp3) is 0.304. The molecule has 2 amide bonds. The molecule has 0 fully saturated rings. The molecule has 2 aromatic carbocycles. The Hall–Kier alpha value is -3.36. The van der Waals surface area contributed by atoms with Crippen LogP contribution in [-0.4, -0.2) is 40.4 Å². The Morgan fingerprint density at radius 1 is 0.935 bits per heavy atom. The highest BCUT2D eigenvalue weighted by molar-refractivity contribution is 5.97. The van der Waals surface area contributed by atoms with Crippen LogP contribution in [0, 0.1) is 0 Å². The highest BCUT2D eigenvalue weighted by atomic mass is 16.2. The molecular weight excluding hydrogens is 392 g/mol. The smallest absolute Gasteiger partial charge is 0.248 e. The first-order valence-electron chi connectivity index (χ1n) is 10.4. The van der Waals surface area contributed by atoms with Crippen molar-refractivity contribution in [3.05, 3.63) is 66.4 Å². The number of hydrogen-bond acceptors (Lipinski definition) is 6. The van der Waals surface area contributed by atoms with E-state index in [0.29, 0.717) is 43.6 Å². The van der Waals surface area contributed by atoms with Crippen molar-refractivity contribution in [1.29, 1.82) is 0 Å². The molecule has 31 heavy (non-hydrogen) atoms. The summed E-state index contributed by atoms with van der Waals surface area (Å²) in [6, 6.07) is 15.7. The average Bonchev–Trinajstić information content (AvgIpc) is 2.80. The van der Waals surface area contributed by atoms with Gasteiger partial charge in [-0.15, -0.1) is 0 Å². The van der Waals surface area contributed by atoms with Crippen molar-refractivity contribution in [2.45, 2.75) is 37.8 Å². The lowest BCUT2D eigenvalue weighted by molar-refractivity contribution is -0.127. The molecule has 0 saturated carbocycles. The van der Waals surface area contributed by atoms with E-state index in [1.54, 1.807) is 0 Å². The number of anilines is 1. The van der Waals surface area contributed by atoms with E-state index < -0.39 is 12.1 Å². The van der Waals surface area contributed by atoms with Crippen molar-refractivity contribution >= 4 is 28.7 Å². The Morgan fingerprint density at radius 3 is 2.39 bits per heavy atom. The van der Waals surface area contributed by atoms with Crippen molar-refractivity contribution < 1.29 is 9.59 Å². The molecule has 0 aliphatic rings. The minimum Gasteiger partial charge on any atom is -0.343 e. The molecule has 8 nitrogen and oxygen atoms in total. The maximum Gasteiger partial charge on any atom is 0.248 e. The lowest BCUT2D eigenvalue weighted by atomic mass is 10.0. The quantitative estimate of drug-likeness (QED) is 0.394. The number of carbonyl (C=O) groups excluding carboxylic acids is 2. The molecule has 0 spiro atoms. The Kier molecular flexibility index (Phi) is 8.03. The van der Waals surface area contributed by atoms with Gasteiger partial charge < -0.3 is 22.1 Å². The SMILES string of the molecule is NCCC[C@H](N)C(=O)N[C@H](CCc1ccccc1)C(=O)Nc1cnc2ccccc2n1. The van der Waals surface area contributed by atoms with Crippen LogP contribution < -0.4 is 22.1 Å². The van der Waals surface area contributed by atoms with E-state index in [9.17, 15) is 9.59 Å². The molecule has 0 bridgehead atoms. The molecule has 6 N–H and O–H groups in total. The van der Waals surface area contributed by atoms with Crippen LogP contribution in [0.5, 0.6) is 0 Å². The van der Waals surface area contributed by atoms with E-state index in [1.165, 1.54) is 6.20 Å². The summed E-state index contributed by atoms with van der Waals surface area (Å²) in [5.41, 5.74) is 13.9. The number of fused-ring (bicyclic) bond motifs is 1. The zero-order valence-electron chi connectivity index (χ0n) is 17.3. The highest BCUT2D eigenvalue weighted by Gasteiger charge is 2.24. The second-order valence-electron chi connectivity index (χ2n) is 7.36. The summed E-state index contributed by atoms with van der Waals surface area (Å²) in [4.78, 5) is 34.2. The third-order valence-electron chi connectivity index (χ3n) is 4.95. The first-order valence-corrected chi connectivity index (χ1v) is 10.4. The van der Waals surface area contributed by atoms with Crippen LogP contribution in [0.2, 0.25) is 0 Å². The zero-order valence-corrected chi connectivity index (χ0v) is 17.3. The maximum absolute atomic E-state index is 13.0. The van der Waals surface area contributed by atoms with Gasteiger partial charge in [-0.3, -0.25) is 14.6 Å². The van der Waals surface area contributed by atoms with E-state index in [4.69, 9.17) is 11.5 Å². The summed E-state index contributed by atoms with van der Waals surface area (Å²) in [6.45, 7) is 0.458. The van der Waals surface area contributed by atoms with Crippen LogP contribution in [0.25, 0.3) is 11.0 Å². The van der Waals surface area contributed by atoms with Gasteiger partial charge >= 0.3 is 0 Å². The van der Waals surface area contributed by atoms with Crippen LogP contribution in [-0.2, 0) is 16.0 Å². The van der Waals surface area contributed by atoms with E-state index in [0.717, 1.165) is 11.1 Å². The van der Waals surface area contributed by atoms with Gasteiger partial charge in [0.25, 0.3) is 0 Å². The van der Waals surface area contributed by atoms with Crippen LogP contribution in [0.4, 0.5) is 5.82 Å². The molecule has 8 heteroatoms. The van der Waals surface area contributed by atoms with Crippen LogP contribution in [0.3, 0.4) is 0 Å². The number of rotatable bonds is 10. The summed E-state index contributed by atoms with van der Waals surface area (Å²) >= 11 is 0. The molecular formula is C23H28N6O2. The van der Waals surface area contributed by atoms with Gasteiger partial charge in [-0.05, 0) is 49.9 Å². The van der Waals surface area contributed by atoms with Crippen molar-refractivity contribution in [3.63, 3.8) is 0 Å². The molecule has 0 aliphatic heterocycles. The summed E-state index contributed by atoms with van der Waals surface area (Å²) < 4.78 is 0. The molecule has 2 atom stereocenters. The van der Waals surface area contributed by atoms with Gasteiger partial charge in [0.05, 0.1) is 23.3 Å². The number of nitrogens with one attached hydrogen (secondary N) is 2. The zero-order chi connectivity index (χ0) is 22.1. The summed E-state index contributed by atoms with van der Waals surface area (Å²) in [5, 5.41) is 5.56. The summed E-state index contributed by atoms with van der Waals surface area (Å²) in [6.07, 6.45) is 3.66. The molecule has 1 heterocycles. The van der Waals surface area contributed by atoms with E-state index in [1.807, 2.05) is 54.6 Å². The lowest BCUT2D eigenvalue weighted by Gasteiger charge is -2.20. The third kappa shape index (κ3) is 6.56. The van der Waals surface area contributed by atoms with Gasteiger partial charge in [0.1, 0.15) is 6.04 Å². The van der Waals surface area contributed by atoms with Gasteiger partial charge in [0.15, 0.2) is 5.82 Å². The number of carbonyl (C=O) groups is 2. The maximum atomic E-state index is 13.0. The number of aromatic nitrogens is 2. The van der Waals surface area contributed by atoms with Gasteiger partial charge in [0, 0.05) is 0 Å². The summed E-state index contributed by atoms with van der Waals surface area (Å²) in [7, 11) is 0. The monoisotopic (exact) mass is 420 g/mol. The van der Waals surface area contributed by atoms with Gasteiger partial charge in [0.2, 0.25) is 11.8 Å². The van der Waals surface area contributed by atoms with Crippen molar-refractivity contribution in [2.24, 2.45) is 11.5 Å². The Labute approximate surface area is 181 Å². The molecule has 0 saturated heterocycles. The number of aryl methyl sites for hydroxylation is 1. The van der Waals surface area contributed by atoms with Crippen LogP contribution in [0.1, 0.15) is 24.8 Å². The predicted octanol–water partition coefficient (Wildman–Crippen LogP) is 1.75. The second-order valence-corrected chi connectivity index (χ2v) is 7.36. The average molecular weight is 421 g/mol. The number of benzene rings is 2. The molecule has 162 valence electrons. The highest BCUT2D eigenvalue weighted by Crippen LogP contribution is 2.13. The van der Waals surface area contributed by atoms with Crippen LogP contribution >= 0.6 is 0 Å². The van der Waals surface area contributed by atoms with Gasteiger partial charge in [-0.1, -0.05) is 42.5 Å². The molecule has 3 rings (SSSR count). The molecule has 0 aliphatic carbocycles. The predicted molar refractivity (Wildman–Crippen MR) is 121 cm³/mol. The van der Waals surface area contributed by atoms with Crippen molar-refractivity contribution in [1.82, 2.24) is 15.3 Å². The van der Waals surface area contributed by atoms with E-state index in [-0.39, 0.29) is 11.8 Å². The second kappa shape index (κ2) is 11.1. The minimum absolute atomic E-state index is 0.329. The number of nitrogens with zero attached hydrogens (tertiary/aromatic N) is 2. The topological polar surface area (TPSA) is 136 Å². The number of nitrogens with two attached hydrogens (primary N) is 2. The molecule has 1 aromatic heterocycles. The van der Waals surface area contributed by atoms with Crippen molar-refractivity contribution in [3.8, 4) is 0 Å². The lowest BCUT2D eigenvalue weighted by Crippen LogP contribution is -2.50. The van der Waals surface area contributed by atoms with E-state index >= 15 is 0 Å². The van der Waals surface area contributed by atoms with E-state index in [2.05, 4.69) is 20.6 Å². The Bertz CT molecular complexity index is 1010. The fourth-order valence-corrected chi connectivity index (χ4v) is 3.20. The summed E-state index contributed by atoms with van der Waals surface area (Å²) in [5.74, 6) is -0.402. The first kappa shape index (κ1) is 22.3. The minimum atomic E-state index is -0.759. The standard InChI is InChI=1S/C23H28N6O2/c24-14-6-9-17(25)22(30)28-20(13-12-16-7-2-1-3-8-16)23(31)29-21-15-26-18-10-4-5-11-19(18)27-21/h1-5,7-8,10-11,15,17,20H,6,9,12-14,24-25H2,(H,28,30)(H,27,29,31)/t17-,20+/m0/s1. The number of amides is 2. The molecule has 0 unspecified atom stereocenters. The normalized spacial score (nSPS) is 12.8. The van der Waals surface area contributed by atoms with Gasteiger partial charge in [-0.2, -0.15) is 0 Å². The first-order chi connectivity index (χ1) is 15.1. The van der Waals surface area contributed by atoms with Crippen molar-refractivity contribution in [2.75, 3.05) is 11.9 Å². The fourth-order valence-electron chi connectivity index (χ4n) is 3.20. The Balaban J connectivity index is 1.71. The number of para-hydroxylation sites is 2. The van der Waals surface area contributed by atoms with Gasteiger partial charge in [-0.25, -0.2) is 4.98 Å².